The smallest absolute Gasteiger partial charge is 0.235 e. The first kappa shape index (κ1) is 16.1. The van der Waals surface area contributed by atoms with Crippen molar-refractivity contribution in [2.45, 2.75) is 40.1 Å². The molecule has 1 atom stereocenters. The van der Waals surface area contributed by atoms with Crippen molar-refractivity contribution in [3.8, 4) is 0 Å². The molecule has 1 unspecified atom stereocenters. The van der Waals surface area contributed by atoms with E-state index in [9.17, 15) is 4.79 Å². The van der Waals surface area contributed by atoms with E-state index in [2.05, 4.69) is 55.5 Å². The summed E-state index contributed by atoms with van der Waals surface area (Å²) in [7, 11) is 0. The normalized spacial score (nSPS) is 18.1. The van der Waals surface area contributed by atoms with Crippen molar-refractivity contribution in [3.63, 3.8) is 0 Å². The Morgan fingerprint density at radius 1 is 1.04 bits per heavy atom. The maximum Gasteiger partial charge on any atom is 0.235 e. The first-order chi connectivity index (χ1) is 11.7. The fourth-order valence-electron chi connectivity index (χ4n) is 3.47. The molecule has 2 aromatic rings. The maximum absolute atomic E-state index is 12.7. The van der Waals surface area contributed by atoms with Gasteiger partial charge in [0.25, 0.3) is 0 Å². The second-order valence-electron chi connectivity index (χ2n) is 6.37. The number of carbonyl (C=O) groups is 1. The van der Waals surface area contributed by atoms with Crippen molar-refractivity contribution < 1.29 is 4.79 Å². The zero-order valence-corrected chi connectivity index (χ0v) is 15.4. The van der Waals surface area contributed by atoms with Gasteiger partial charge in [-0.1, -0.05) is 48.2 Å². The average Bonchev–Trinajstić information content (AvgIpc) is 3.15. The van der Waals surface area contributed by atoms with E-state index >= 15 is 0 Å². The highest BCUT2D eigenvalue weighted by Gasteiger charge is 2.31. The van der Waals surface area contributed by atoms with Gasteiger partial charge in [-0.25, -0.2) is 0 Å². The van der Waals surface area contributed by atoms with Crippen LogP contribution < -0.4 is 0 Å². The molecule has 124 valence electrons. The monoisotopic (exact) mass is 355 g/mol. The quantitative estimate of drug-likeness (QED) is 0.774. The van der Waals surface area contributed by atoms with Gasteiger partial charge in [0.2, 0.25) is 5.91 Å². The summed E-state index contributed by atoms with van der Waals surface area (Å²) in [5, 5.41) is 0.220. The molecule has 2 aliphatic heterocycles. The van der Waals surface area contributed by atoms with Crippen molar-refractivity contribution in [1.82, 2.24) is 4.90 Å². The Morgan fingerprint density at radius 2 is 1.58 bits per heavy atom. The van der Waals surface area contributed by atoms with Crippen LogP contribution in [0.5, 0.6) is 0 Å². The summed E-state index contributed by atoms with van der Waals surface area (Å²) in [6.07, 6.45) is 2.30. The number of rotatable bonds is 3. The maximum atomic E-state index is 12.7. The molecule has 1 amide bonds. The van der Waals surface area contributed by atoms with Crippen molar-refractivity contribution >= 4 is 29.4 Å². The standard InChI is InChI=1S/C20H21NOS2/c1-14(20(22)21-12-6-7-13-21)23-19-15-8-2-4-10-17(15)24-18-11-5-3-9-16(18)19/h2-5,8-11,14,19H,6-7,12-13H2,1H3. The number of hydrogen-bond donors (Lipinski definition) is 0. The van der Waals surface area contributed by atoms with Crippen LogP contribution in [0.15, 0.2) is 58.3 Å². The summed E-state index contributed by atoms with van der Waals surface area (Å²) in [6, 6.07) is 17.2. The van der Waals surface area contributed by atoms with E-state index in [1.807, 2.05) is 16.7 Å². The molecule has 0 radical (unpaired) electrons. The molecule has 2 aliphatic rings. The van der Waals surface area contributed by atoms with Crippen molar-refractivity contribution in [2.75, 3.05) is 13.1 Å². The number of thioether (sulfide) groups is 1. The van der Waals surface area contributed by atoms with Gasteiger partial charge in [0.15, 0.2) is 0 Å². The summed E-state index contributed by atoms with van der Waals surface area (Å²) in [4.78, 5) is 17.4. The minimum absolute atomic E-state index is 0.0164. The third-order valence-corrected chi connectivity index (χ3v) is 7.30. The van der Waals surface area contributed by atoms with Gasteiger partial charge in [0.1, 0.15) is 0 Å². The molecule has 0 N–H and O–H groups in total. The summed E-state index contributed by atoms with van der Waals surface area (Å²) in [6.45, 7) is 3.92. The van der Waals surface area contributed by atoms with Gasteiger partial charge in [-0.2, -0.15) is 0 Å². The van der Waals surface area contributed by atoms with Gasteiger partial charge >= 0.3 is 0 Å². The van der Waals surface area contributed by atoms with Crippen LogP contribution in [0.2, 0.25) is 0 Å². The van der Waals surface area contributed by atoms with Crippen LogP contribution in [0.25, 0.3) is 0 Å². The average molecular weight is 356 g/mol. The van der Waals surface area contributed by atoms with E-state index < -0.39 is 0 Å². The number of nitrogens with zero attached hydrogens (tertiary/aromatic N) is 1. The molecular weight excluding hydrogens is 334 g/mol. The SMILES string of the molecule is CC(SC1c2ccccc2Sc2ccccc21)C(=O)N1CCCC1. The van der Waals surface area contributed by atoms with Gasteiger partial charge in [-0.15, -0.1) is 11.8 Å². The third-order valence-electron chi connectivity index (χ3n) is 4.73. The molecule has 1 saturated heterocycles. The van der Waals surface area contributed by atoms with E-state index in [-0.39, 0.29) is 10.5 Å². The topological polar surface area (TPSA) is 20.3 Å². The zero-order chi connectivity index (χ0) is 16.5. The van der Waals surface area contributed by atoms with E-state index in [1.54, 1.807) is 11.8 Å². The summed E-state index contributed by atoms with van der Waals surface area (Å²) in [5.74, 6) is 0.297. The van der Waals surface area contributed by atoms with E-state index in [4.69, 9.17) is 0 Å². The molecule has 0 aliphatic carbocycles. The Kier molecular flexibility index (Phi) is 4.59. The molecule has 2 nitrogen and oxygen atoms in total. The summed E-state index contributed by atoms with van der Waals surface area (Å²) < 4.78 is 0. The number of benzene rings is 2. The highest BCUT2D eigenvalue weighted by Crippen LogP contribution is 2.51. The Hall–Kier alpha value is -1.39. The van der Waals surface area contributed by atoms with Gasteiger partial charge in [0, 0.05) is 22.9 Å². The second-order valence-corrected chi connectivity index (χ2v) is 8.90. The third kappa shape index (κ3) is 2.98. The van der Waals surface area contributed by atoms with Gasteiger partial charge in [-0.3, -0.25) is 4.79 Å². The second kappa shape index (κ2) is 6.85. The Bertz CT molecular complexity index is 709. The zero-order valence-electron chi connectivity index (χ0n) is 13.8. The molecule has 0 bridgehead atoms. The van der Waals surface area contributed by atoms with Crippen LogP contribution in [0.1, 0.15) is 36.1 Å². The van der Waals surface area contributed by atoms with E-state index in [1.165, 1.54) is 20.9 Å². The Balaban J connectivity index is 1.63. The van der Waals surface area contributed by atoms with E-state index in [0.717, 1.165) is 25.9 Å². The van der Waals surface area contributed by atoms with Crippen molar-refractivity contribution in [2.24, 2.45) is 0 Å². The predicted molar refractivity (Wildman–Crippen MR) is 102 cm³/mol. The van der Waals surface area contributed by atoms with Crippen LogP contribution in [0, 0.1) is 0 Å². The molecule has 1 fully saturated rings. The van der Waals surface area contributed by atoms with Crippen LogP contribution >= 0.6 is 23.5 Å². The van der Waals surface area contributed by atoms with Crippen LogP contribution in [0.3, 0.4) is 0 Å². The summed E-state index contributed by atoms with van der Waals surface area (Å²) in [5.41, 5.74) is 2.68. The summed E-state index contributed by atoms with van der Waals surface area (Å²) >= 11 is 3.63. The molecular formula is C20H21NOS2. The first-order valence-electron chi connectivity index (χ1n) is 8.54. The minimum atomic E-state index is -0.0164. The van der Waals surface area contributed by atoms with Gasteiger partial charge in [-0.05, 0) is 43.0 Å². The fourth-order valence-corrected chi connectivity index (χ4v) is 6.13. The van der Waals surface area contributed by atoms with E-state index in [0.29, 0.717) is 5.91 Å². The van der Waals surface area contributed by atoms with Gasteiger partial charge < -0.3 is 4.90 Å². The number of hydrogen-bond acceptors (Lipinski definition) is 3. The lowest BCUT2D eigenvalue weighted by molar-refractivity contribution is -0.129. The number of carbonyl (C=O) groups excluding carboxylic acids is 1. The lowest BCUT2D eigenvalue weighted by atomic mass is 10.0. The fraction of sp³-hybridized carbons (Fsp3) is 0.350. The molecule has 2 aromatic carbocycles. The lowest BCUT2D eigenvalue weighted by Gasteiger charge is -2.30. The minimum Gasteiger partial charge on any atom is -0.342 e. The Labute approximate surface area is 152 Å². The molecule has 0 aromatic heterocycles. The van der Waals surface area contributed by atoms with Crippen LogP contribution in [-0.4, -0.2) is 29.1 Å². The Morgan fingerprint density at radius 3 is 2.17 bits per heavy atom. The largest absolute Gasteiger partial charge is 0.342 e. The van der Waals surface area contributed by atoms with Crippen molar-refractivity contribution in [1.29, 1.82) is 0 Å². The predicted octanol–water partition coefficient (Wildman–Crippen LogP) is 4.98. The first-order valence-corrected chi connectivity index (χ1v) is 10.3. The molecule has 0 saturated carbocycles. The highest BCUT2D eigenvalue weighted by molar-refractivity contribution is 8.02. The number of likely N-dealkylation sites (tertiary alicyclic amines) is 1. The lowest BCUT2D eigenvalue weighted by Crippen LogP contribution is -2.34. The van der Waals surface area contributed by atoms with Gasteiger partial charge in [0.05, 0.1) is 10.5 Å². The van der Waals surface area contributed by atoms with Crippen LogP contribution in [0.4, 0.5) is 0 Å². The molecule has 4 rings (SSSR count). The molecule has 2 heterocycles. The van der Waals surface area contributed by atoms with Crippen LogP contribution in [-0.2, 0) is 4.79 Å². The number of amides is 1. The highest BCUT2D eigenvalue weighted by atomic mass is 32.2. The number of fused-ring (bicyclic) bond motifs is 2. The van der Waals surface area contributed by atoms with Crippen molar-refractivity contribution in [3.05, 3.63) is 59.7 Å². The molecule has 4 heteroatoms. The molecule has 24 heavy (non-hydrogen) atoms. The molecule has 0 spiro atoms.